The number of aliphatic imine (C=N–C) groups is 1. The summed E-state index contributed by atoms with van der Waals surface area (Å²) in [5, 5.41) is 5.04. The van der Waals surface area contributed by atoms with E-state index in [0.29, 0.717) is 17.8 Å². The lowest BCUT2D eigenvalue weighted by Crippen LogP contribution is -2.13. The van der Waals surface area contributed by atoms with E-state index in [-0.39, 0.29) is 0 Å². The fraction of sp³-hybridized carbons (Fsp3) is 0.500. The zero-order valence-corrected chi connectivity index (χ0v) is 12.0. The molecular formula is C14H20N2OS. The molecule has 3 nitrogen and oxygen atoms in total. The first-order valence-electron chi connectivity index (χ1n) is 6.25. The molecule has 0 saturated carbocycles. The van der Waals surface area contributed by atoms with Gasteiger partial charge in [-0.3, -0.25) is 4.99 Å². The van der Waals surface area contributed by atoms with Crippen LogP contribution in [0.1, 0.15) is 19.4 Å². The van der Waals surface area contributed by atoms with Gasteiger partial charge in [-0.25, -0.2) is 0 Å². The number of hydrogen-bond donors (Lipinski definition) is 1. The second kappa shape index (κ2) is 6.25. The average Bonchev–Trinajstić information content (AvgIpc) is 2.81. The molecule has 0 aliphatic carbocycles. The minimum absolute atomic E-state index is 0.599. The summed E-state index contributed by atoms with van der Waals surface area (Å²) in [5.41, 5.74) is 2.26. The number of thioether (sulfide) groups is 1. The first-order chi connectivity index (χ1) is 8.70. The maximum Gasteiger partial charge on any atom is 0.161 e. The van der Waals surface area contributed by atoms with Gasteiger partial charge < -0.3 is 10.1 Å². The highest BCUT2D eigenvalue weighted by atomic mass is 32.2. The topological polar surface area (TPSA) is 33.6 Å². The number of hydrogen-bond acceptors (Lipinski definition) is 4. The van der Waals surface area contributed by atoms with Gasteiger partial charge in [0, 0.05) is 23.6 Å². The highest BCUT2D eigenvalue weighted by Gasteiger charge is 2.22. The summed E-state index contributed by atoms with van der Waals surface area (Å²) in [6, 6.07) is 8.20. The van der Waals surface area contributed by atoms with Crippen molar-refractivity contribution in [1.29, 1.82) is 0 Å². The van der Waals surface area contributed by atoms with Crippen LogP contribution in [0.5, 0.6) is 0 Å². The number of methoxy groups -OCH3 is 1. The number of benzene rings is 1. The van der Waals surface area contributed by atoms with Gasteiger partial charge in [-0.1, -0.05) is 43.8 Å². The normalized spacial score (nSPS) is 19.1. The van der Waals surface area contributed by atoms with Crippen LogP contribution in [-0.4, -0.2) is 24.1 Å². The van der Waals surface area contributed by atoms with Crippen LogP contribution in [0.15, 0.2) is 29.3 Å². The van der Waals surface area contributed by atoms with Gasteiger partial charge >= 0.3 is 0 Å². The van der Waals surface area contributed by atoms with Crippen molar-refractivity contribution in [3.63, 3.8) is 0 Å². The van der Waals surface area contributed by atoms with E-state index in [1.54, 1.807) is 7.11 Å². The van der Waals surface area contributed by atoms with Crippen LogP contribution in [0.4, 0.5) is 5.69 Å². The molecule has 0 amide bonds. The molecule has 1 heterocycles. The van der Waals surface area contributed by atoms with Crippen LogP contribution in [-0.2, 0) is 11.3 Å². The van der Waals surface area contributed by atoms with E-state index < -0.39 is 0 Å². The fourth-order valence-corrected chi connectivity index (χ4v) is 2.87. The second-order valence-corrected chi connectivity index (χ2v) is 5.99. The van der Waals surface area contributed by atoms with E-state index in [0.717, 1.165) is 23.0 Å². The molecule has 0 saturated heterocycles. The molecule has 1 aromatic carbocycles. The maximum atomic E-state index is 5.21. The molecule has 0 aromatic heterocycles. The van der Waals surface area contributed by atoms with Gasteiger partial charge in [0.15, 0.2) is 5.17 Å². The molecule has 1 aromatic rings. The second-order valence-electron chi connectivity index (χ2n) is 4.76. The Balaban J connectivity index is 2.02. The molecule has 1 aliphatic heterocycles. The number of anilines is 1. The molecule has 1 unspecified atom stereocenters. The van der Waals surface area contributed by atoms with E-state index in [1.807, 2.05) is 23.9 Å². The molecule has 1 aliphatic rings. The van der Waals surface area contributed by atoms with E-state index in [4.69, 9.17) is 4.74 Å². The molecule has 18 heavy (non-hydrogen) atoms. The maximum absolute atomic E-state index is 5.21. The van der Waals surface area contributed by atoms with E-state index >= 15 is 0 Å². The Morgan fingerprint density at radius 3 is 2.89 bits per heavy atom. The predicted molar refractivity (Wildman–Crippen MR) is 79.3 cm³/mol. The third-order valence-corrected chi connectivity index (χ3v) is 4.43. The van der Waals surface area contributed by atoms with E-state index in [1.165, 1.54) is 0 Å². The monoisotopic (exact) mass is 264 g/mol. The lowest BCUT2D eigenvalue weighted by molar-refractivity contribution is 0.185. The smallest absolute Gasteiger partial charge is 0.161 e. The number of para-hydroxylation sites is 1. The quantitative estimate of drug-likeness (QED) is 0.905. The minimum Gasteiger partial charge on any atom is -0.380 e. The standard InChI is InChI=1S/C14H20N2OS/c1-10(2)13-8-15-14(18-13)16-12-7-5-4-6-11(12)9-17-3/h4-7,10,13H,8-9H2,1-3H3,(H,15,16). The molecule has 2 rings (SSSR count). The van der Waals surface area contributed by atoms with Crippen molar-refractivity contribution in [1.82, 2.24) is 0 Å². The van der Waals surface area contributed by atoms with Gasteiger partial charge in [-0.2, -0.15) is 0 Å². The molecule has 1 atom stereocenters. The minimum atomic E-state index is 0.599. The molecule has 0 spiro atoms. The number of amidine groups is 1. The van der Waals surface area contributed by atoms with Gasteiger partial charge in [-0.15, -0.1) is 0 Å². The number of rotatable bonds is 4. The predicted octanol–water partition coefficient (Wildman–Crippen LogP) is 3.37. The van der Waals surface area contributed by atoms with Gasteiger partial charge in [0.05, 0.1) is 13.2 Å². The zero-order chi connectivity index (χ0) is 13.0. The van der Waals surface area contributed by atoms with Crippen molar-refractivity contribution in [2.45, 2.75) is 25.7 Å². The number of nitrogens with zero attached hydrogens (tertiary/aromatic N) is 1. The first-order valence-corrected chi connectivity index (χ1v) is 7.13. The summed E-state index contributed by atoms with van der Waals surface area (Å²) >= 11 is 1.84. The fourth-order valence-electron chi connectivity index (χ4n) is 1.85. The summed E-state index contributed by atoms with van der Waals surface area (Å²) in [7, 11) is 1.72. The Morgan fingerprint density at radius 1 is 1.44 bits per heavy atom. The van der Waals surface area contributed by atoms with Crippen LogP contribution in [0.25, 0.3) is 0 Å². The molecule has 98 valence electrons. The van der Waals surface area contributed by atoms with Crippen molar-refractivity contribution in [2.75, 3.05) is 19.0 Å². The molecule has 1 N–H and O–H groups in total. The zero-order valence-electron chi connectivity index (χ0n) is 11.1. The highest BCUT2D eigenvalue weighted by Crippen LogP contribution is 2.28. The molecule has 0 bridgehead atoms. The van der Waals surface area contributed by atoms with E-state index in [2.05, 4.69) is 36.3 Å². The lowest BCUT2D eigenvalue weighted by atomic mass is 10.1. The van der Waals surface area contributed by atoms with Crippen molar-refractivity contribution in [3.8, 4) is 0 Å². The van der Waals surface area contributed by atoms with Crippen molar-refractivity contribution >= 4 is 22.6 Å². The van der Waals surface area contributed by atoms with Crippen molar-refractivity contribution in [3.05, 3.63) is 29.8 Å². The lowest BCUT2D eigenvalue weighted by Gasteiger charge is -2.13. The third kappa shape index (κ3) is 3.27. The summed E-state index contributed by atoms with van der Waals surface area (Å²) in [6.07, 6.45) is 0. The van der Waals surface area contributed by atoms with Gasteiger partial charge in [0.2, 0.25) is 0 Å². The van der Waals surface area contributed by atoms with Crippen molar-refractivity contribution in [2.24, 2.45) is 10.9 Å². The molecular weight excluding hydrogens is 244 g/mol. The van der Waals surface area contributed by atoms with Crippen LogP contribution >= 0.6 is 11.8 Å². The van der Waals surface area contributed by atoms with E-state index in [9.17, 15) is 0 Å². The first kappa shape index (κ1) is 13.4. The van der Waals surface area contributed by atoms with Crippen LogP contribution in [0, 0.1) is 5.92 Å². The summed E-state index contributed by atoms with van der Waals surface area (Å²) in [5.74, 6) is 0.660. The van der Waals surface area contributed by atoms with Gasteiger partial charge in [0.25, 0.3) is 0 Å². The highest BCUT2D eigenvalue weighted by molar-refractivity contribution is 8.15. The SMILES string of the molecule is COCc1ccccc1NC1=NCC(C(C)C)S1. The Labute approximate surface area is 113 Å². The Bertz CT molecular complexity index is 432. The Morgan fingerprint density at radius 2 is 2.22 bits per heavy atom. The molecule has 0 fully saturated rings. The largest absolute Gasteiger partial charge is 0.380 e. The van der Waals surface area contributed by atoms with Gasteiger partial charge in [0.1, 0.15) is 0 Å². The Kier molecular flexibility index (Phi) is 4.66. The number of ether oxygens (including phenoxy) is 1. The number of nitrogens with one attached hydrogen (secondary N) is 1. The van der Waals surface area contributed by atoms with Crippen molar-refractivity contribution < 1.29 is 4.74 Å². The van der Waals surface area contributed by atoms with Crippen LogP contribution < -0.4 is 5.32 Å². The molecule has 4 heteroatoms. The third-order valence-electron chi connectivity index (χ3n) is 2.98. The summed E-state index contributed by atoms with van der Waals surface area (Å²) in [4.78, 5) is 4.56. The summed E-state index contributed by atoms with van der Waals surface area (Å²) in [6.45, 7) is 6.02. The summed E-state index contributed by atoms with van der Waals surface area (Å²) < 4.78 is 5.21. The van der Waals surface area contributed by atoms with Crippen LogP contribution in [0.2, 0.25) is 0 Å². The van der Waals surface area contributed by atoms with Crippen LogP contribution in [0.3, 0.4) is 0 Å². The Hall–Kier alpha value is -1.000. The molecule has 0 radical (unpaired) electrons. The van der Waals surface area contributed by atoms with Gasteiger partial charge in [-0.05, 0) is 12.0 Å². The average molecular weight is 264 g/mol.